The molecule has 0 spiro atoms. The molecule has 0 aromatic heterocycles. The van der Waals surface area contributed by atoms with Gasteiger partial charge in [0.15, 0.2) is 0 Å². The Hall–Kier alpha value is -1.17. The smallest absolute Gasteiger partial charge is 0.207 e. The summed E-state index contributed by atoms with van der Waals surface area (Å²) in [7, 11) is -7.79. The first-order valence-electron chi connectivity index (χ1n) is 8.70. The van der Waals surface area contributed by atoms with Crippen molar-refractivity contribution in [1.29, 1.82) is 0 Å². The van der Waals surface area contributed by atoms with Crippen LogP contribution in [-0.2, 0) is 20.0 Å². The van der Waals surface area contributed by atoms with Crippen LogP contribution in [-0.4, -0.2) is 57.8 Å². The minimum absolute atomic E-state index is 0.0166. The van der Waals surface area contributed by atoms with Gasteiger partial charge in [0, 0.05) is 26.2 Å². The zero-order chi connectivity index (χ0) is 19.9. The third kappa shape index (κ3) is 4.15. The van der Waals surface area contributed by atoms with Crippen LogP contribution in [0.1, 0.15) is 25.7 Å². The molecule has 27 heavy (non-hydrogen) atoms. The van der Waals surface area contributed by atoms with Crippen LogP contribution in [0.25, 0.3) is 0 Å². The lowest BCUT2D eigenvalue weighted by molar-refractivity contribution is -0.182. The summed E-state index contributed by atoms with van der Waals surface area (Å²) in [4.78, 5) is -0.221. The lowest BCUT2D eigenvalue weighted by Gasteiger charge is -2.32. The van der Waals surface area contributed by atoms with Crippen molar-refractivity contribution in [3.05, 3.63) is 24.3 Å². The molecular formula is C16H21F3N2O4S2. The van der Waals surface area contributed by atoms with E-state index in [0.717, 1.165) is 29.3 Å². The van der Waals surface area contributed by atoms with Crippen LogP contribution in [0.5, 0.6) is 0 Å². The molecule has 1 unspecified atom stereocenters. The van der Waals surface area contributed by atoms with Crippen LogP contribution in [0.15, 0.2) is 34.1 Å². The van der Waals surface area contributed by atoms with Crippen LogP contribution >= 0.6 is 0 Å². The number of benzene rings is 1. The lowest BCUT2D eigenvalue weighted by atomic mass is 9.99. The van der Waals surface area contributed by atoms with E-state index in [1.54, 1.807) is 0 Å². The summed E-state index contributed by atoms with van der Waals surface area (Å²) in [6, 6.07) is 4.70. The fraction of sp³-hybridized carbons (Fsp3) is 0.625. The van der Waals surface area contributed by atoms with Crippen molar-refractivity contribution in [2.24, 2.45) is 5.92 Å². The van der Waals surface area contributed by atoms with Gasteiger partial charge in [-0.1, -0.05) is 0 Å². The predicted octanol–water partition coefficient (Wildman–Crippen LogP) is 2.43. The van der Waals surface area contributed by atoms with E-state index >= 15 is 0 Å². The number of nitrogens with zero attached hydrogens (tertiary/aromatic N) is 2. The van der Waals surface area contributed by atoms with E-state index in [-0.39, 0.29) is 29.2 Å². The summed E-state index contributed by atoms with van der Waals surface area (Å²) in [6.45, 7) is 0.256. The van der Waals surface area contributed by atoms with E-state index < -0.39 is 38.7 Å². The maximum atomic E-state index is 12.9. The minimum Gasteiger partial charge on any atom is -0.207 e. The summed E-state index contributed by atoms with van der Waals surface area (Å²) in [5.41, 5.74) is 0. The fourth-order valence-electron chi connectivity index (χ4n) is 3.44. The van der Waals surface area contributed by atoms with Crippen molar-refractivity contribution >= 4 is 20.0 Å². The highest BCUT2D eigenvalue weighted by atomic mass is 32.2. The molecule has 0 N–H and O–H groups in total. The zero-order valence-corrected chi connectivity index (χ0v) is 16.2. The number of rotatable bonds is 4. The molecule has 6 nitrogen and oxygen atoms in total. The third-order valence-electron chi connectivity index (χ3n) is 5.01. The Kier molecular flexibility index (Phi) is 5.59. The molecule has 152 valence electrons. The van der Waals surface area contributed by atoms with Crippen molar-refractivity contribution in [3.8, 4) is 0 Å². The third-order valence-corrected chi connectivity index (χ3v) is 8.80. The number of alkyl halides is 3. The van der Waals surface area contributed by atoms with Crippen molar-refractivity contribution in [3.63, 3.8) is 0 Å². The van der Waals surface area contributed by atoms with Gasteiger partial charge in [0.05, 0.1) is 15.7 Å². The highest BCUT2D eigenvalue weighted by molar-refractivity contribution is 7.89. The zero-order valence-electron chi connectivity index (χ0n) is 14.5. The summed E-state index contributed by atoms with van der Waals surface area (Å²) in [5.74, 6) is -1.68. The molecule has 2 heterocycles. The van der Waals surface area contributed by atoms with Gasteiger partial charge in [-0.15, -0.1) is 0 Å². The molecule has 1 atom stereocenters. The van der Waals surface area contributed by atoms with Crippen LogP contribution in [0.4, 0.5) is 13.2 Å². The quantitative estimate of drug-likeness (QED) is 0.741. The molecule has 2 saturated heterocycles. The molecule has 1 aromatic rings. The lowest BCUT2D eigenvalue weighted by Crippen LogP contribution is -2.44. The molecule has 3 rings (SSSR count). The maximum Gasteiger partial charge on any atom is 0.393 e. The number of hydrogen-bond donors (Lipinski definition) is 0. The van der Waals surface area contributed by atoms with Gasteiger partial charge in [-0.2, -0.15) is 21.8 Å². The second-order valence-electron chi connectivity index (χ2n) is 6.83. The Morgan fingerprint density at radius 1 is 0.778 bits per heavy atom. The molecule has 0 saturated carbocycles. The van der Waals surface area contributed by atoms with E-state index in [1.165, 1.54) is 16.4 Å². The molecule has 0 radical (unpaired) electrons. The van der Waals surface area contributed by atoms with Crippen LogP contribution in [0.3, 0.4) is 0 Å². The van der Waals surface area contributed by atoms with Gasteiger partial charge in [-0.3, -0.25) is 0 Å². The van der Waals surface area contributed by atoms with Crippen LogP contribution in [0.2, 0.25) is 0 Å². The standard InChI is InChI=1S/C16H21F3N2O4S2/c17-16(18,19)13-4-3-11-21(12-13)27(24,25)15-7-5-14(6-8-15)26(22,23)20-9-1-2-10-20/h5-8,13H,1-4,9-12H2. The first-order chi connectivity index (χ1) is 12.5. The molecule has 2 fully saturated rings. The average molecular weight is 426 g/mol. The summed E-state index contributed by atoms with van der Waals surface area (Å²) < 4.78 is 91.3. The van der Waals surface area contributed by atoms with E-state index in [0.29, 0.717) is 13.1 Å². The predicted molar refractivity (Wildman–Crippen MR) is 92.0 cm³/mol. The van der Waals surface area contributed by atoms with Crippen molar-refractivity contribution < 1.29 is 30.0 Å². The van der Waals surface area contributed by atoms with Gasteiger partial charge in [-0.25, -0.2) is 16.8 Å². The van der Waals surface area contributed by atoms with Crippen LogP contribution in [0, 0.1) is 5.92 Å². The molecule has 0 aliphatic carbocycles. The van der Waals surface area contributed by atoms with Crippen LogP contribution < -0.4 is 0 Å². The monoisotopic (exact) mass is 426 g/mol. The van der Waals surface area contributed by atoms with Crippen molar-refractivity contribution in [1.82, 2.24) is 8.61 Å². The first-order valence-corrected chi connectivity index (χ1v) is 11.6. The number of halogens is 3. The molecule has 1 aromatic carbocycles. The van der Waals surface area contributed by atoms with E-state index in [1.807, 2.05) is 0 Å². The van der Waals surface area contributed by atoms with E-state index in [2.05, 4.69) is 0 Å². The van der Waals surface area contributed by atoms with E-state index in [9.17, 15) is 30.0 Å². The average Bonchev–Trinajstić information content (AvgIpc) is 3.17. The molecule has 11 heteroatoms. The van der Waals surface area contributed by atoms with Gasteiger partial charge >= 0.3 is 6.18 Å². The Morgan fingerprint density at radius 2 is 1.22 bits per heavy atom. The van der Waals surface area contributed by atoms with Gasteiger partial charge < -0.3 is 0 Å². The summed E-state index contributed by atoms with van der Waals surface area (Å²) in [6.07, 6.45) is -2.85. The Morgan fingerprint density at radius 3 is 1.70 bits per heavy atom. The van der Waals surface area contributed by atoms with Gasteiger partial charge in [-0.05, 0) is 49.9 Å². The first kappa shape index (κ1) is 20.6. The molecule has 2 aliphatic rings. The minimum atomic E-state index is -4.44. The Balaban J connectivity index is 1.81. The molecule has 0 amide bonds. The Bertz CT molecular complexity index is 877. The second kappa shape index (κ2) is 7.34. The van der Waals surface area contributed by atoms with E-state index in [4.69, 9.17) is 0 Å². The van der Waals surface area contributed by atoms with Crippen molar-refractivity contribution in [2.45, 2.75) is 41.7 Å². The number of sulfonamides is 2. The Labute approximate surface area is 157 Å². The highest BCUT2D eigenvalue weighted by Gasteiger charge is 2.44. The SMILES string of the molecule is O=S(=O)(c1ccc(S(=O)(=O)N2CCCC(C(F)(F)F)C2)cc1)N1CCCC1. The topological polar surface area (TPSA) is 74.8 Å². The second-order valence-corrected chi connectivity index (χ2v) is 10.7. The molecule has 0 bridgehead atoms. The number of piperidine rings is 1. The van der Waals surface area contributed by atoms with Crippen molar-refractivity contribution in [2.75, 3.05) is 26.2 Å². The number of hydrogen-bond acceptors (Lipinski definition) is 4. The summed E-state index contributed by atoms with van der Waals surface area (Å²) in [5, 5.41) is 0. The maximum absolute atomic E-state index is 12.9. The normalized spacial score (nSPS) is 23.6. The van der Waals surface area contributed by atoms with Gasteiger partial charge in [0.25, 0.3) is 0 Å². The largest absolute Gasteiger partial charge is 0.393 e. The fourth-order valence-corrected chi connectivity index (χ4v) is 6.48. The van der Waals surface area contributed by atoms with Gasteiger partial charge in [0.2, 0.25) is 20.0 Å². The summed E-state index contributed by atoms with van der Waals surface area (Å²) >= 11 is 0. The van der Waals surface area contributed by atoms with Gasteiger partial charge in [0.1, 0.15) is 0 Å². The molecular weight excluding hydrogens is 405 g/mol. The highest BCUT2D eigenvalue weighted by Crippen LogP contribution is 2.35. The molecule has 2 aliphatic heterocycles.